The van der Waals surface area contributed by atoms with Gasteiger partial charge in [-0.3, -0.25) is 9.05 Å². The van der Waals surface area contributed by atoms with Crippen LogP contribution in [0.1, 0.15) is 117 Å². The standard InChI is InChI=1S/C34H56O9P2/c1-3-5-7-9-11-13-17-27-33(41-31-23-19-15-20-24-31)29-39-45(38,43-44(35,36)37)40-30-34(42-32-25-21-16-22-26-32)28-18-14-12-10-8-6-4-2/h15-16,19-26,33-34H,3-14,17-18,27-30H2,1-2H3,(H2,35,36,37). The molecule has 11 heteroatoms. The number of hydrogen-bond acceptors (Lipinski definition) is 7. The van der Waals surface area contributed by atoms with Crippen LogP contribution in [0.25, 0.3) is 0 Å². The number of rotatable bonds is 28. The van der Waals surface area contributed by atoms with Crippen molar-refractivity contribution in [2.45, 2.75) is 129 Å². The van der Waals surface area contributed by atoms with Gasteiger partial charge in [0.2, 0.25) is 0 Å². The van der Waals surface area contributed by atoms with E-state index in [0.717, 1.165) is 38.5 Å². The maximum absolute atomic E-state index is 13.6. The van der Waals surface area contributed by atoms with E-state index in [4.69, 9.17) is 18.5 Å². The molecule has 0 saturated heterocycles. The minimum Gasteiger partial charge on any atom is -0.488 e. The molecule has 2 unspecified atom stereocenters. The van der Waals surface area contributed by atoms with Gasteiger partial charge in [-0.25, -0.2) is 9.13 Å². The van der Waals surface area contributed by atoms with Crippen molar-refractivity contribution < 1.29 is 41.7 Å². The molecule has 0 fully saturated rings. The van der Waals surface area contributed by atoms with E-state index in [9.17, 15) is 18.9 Å². The van der Waals surface area contributed by atoms with Crippen molar-refractivity contribution in [1.29, 1.82) is 0 Å². The summed E-state index contributed by atoms with van der Waals surface area (Å²) in [6.07, 6.45) is 15.8. The van der Waals surface area contributed by atoms with Crippen molar-refractivity contribution >= 4 is 15.6 Å². The van der Waals surface area contributed by atoms with E-state index < -0.39 is 27.9 Å². The van der Waals surface area contributed by atoms with Crippen molar-refractivity contribution in [3.05, 3.63) is 60.7 Å². The van der Waals surface area contributed by atoms with Crippen molar-refractivity contribution in [2.75, 3.05) is 13.2 Å². The summed E-state index contributed by atoms with van der Waals surface area (Å²) in [4.78, 5) is 19.1. The topological polar surface area (TPSA) is 121 Å². The summed E-state index contributed by atoms with van der Waals surface area (Å²) in [6.45, 7) is 3.92. The number of para-hydroxylation sites is 2. The second-order valence-corrected chi connectivity index (χ2v) is 14.6. The van der Waals surface area contributed by atoms with E-state index in [1.807, 2.05) is 60.7 Å². The van der Waals surface area contributed by atoms with E-state index in [0.29, 0.717) is 24.3 Å². The van der Waals surface area contributed by atoms with Gasteiger partial charge in [0.1, 0.15) is 23.7 Å². The Labute approximate surface area is 271 Å². The molecular weight excluding hydrogens is 614 g/mol. The SMILES string of the molecule is CCCCCCCCCC(COP(=O)(OCC(CCCCCCCCC)Oc1ccccc1)OP(=O)(O)O)Oc1ccccc1. The molecule has 0 saturated carbocycles. The largest absolute Gasteiger partial charge is 0.488 e. The molecular formula is C34H56O9P2. The monoisotopic (exact) mass is 670 g/mol. The highest BCUT2D eigenvalue weighted by Gasteiger charge is 2.38. The van der Waals surface area contributed by atoms with Crippen molar-refractivity contribution in [3.8, 4) is 11.5 Å². The highest BCUT2D eigenvalue weighted by Crippen LogP contribution is 2.61. The second kappa shape index (κ2) is 23.6. The van der Waals surface area contributed by atoms with Gasteiger partial charge < -0.3 is 19.3 Å². The molecule has 2 rings (SSSR count). The molecule has 0 aromatic heterocycles. The molecule has 2 atom stereocenters. The van der Waals surface area contributed by atoms with Crippen LogP contribution < -0.4 is 9.47 Å². The maximum Gasteiger partial charge on any atom is 0.483 e. The summed E-state index contributed by atoms with van der Waals surface area (Å²) < 4.78 is 53.5. The number of benzene rings is 2. The average Bonchev–Trinajstić information content (AvgIpc) is 3.01. The minimum atomic E-state index is -5.21. The predicted octanol–water partition coefficient (Wildman–Crippen LogP) is 10.4. The summed E-state index contributed by atoms with van der Waals surface area (Å²) >= 11 is 0. The minimum absolute atomic E-state index is 0.232. The van der Waals surface area contributed by atoms with Gasteiger partial charge in [-0.05, 0) is 49.9 Å². The van der Waals surface area contributed by atoms with Crippen LogP contribution in [0.4, 0.5) is 0 Å². The van der Waals surface area contributed by atoms with Gasteiger partial charge in [-0.2, -0.15) is 4.31 Å². The average molecular weight is 671 g/mol. The van der Waals surface area contributed by atoms with Gasteiger partial charge in [0.05, 0.1) is 13.2 Å². The van der Waals surface area contributed by atoms with E-state index in [2.05, 4.69) is 18.2 Å². The zero-order chi connectivity index (χ0) is 32.6. The lowest BCUT2D eigenvalue weighted by atomic mass is 10.1. The Balaban J connectivity index is 2.04. The van der Waals surface area contributed by atoms with Gasteiger partial charge in [0, 0.05) is 0 Å². The lowest BCUT2D eigenvalue weighted by Gasteiger charge is -2.25. The molecule has 45 heavy (non-hydrogen) atoms. The molecule has 9 nitrogen and oxygen atoms in total. The molecule has 0 aliphatic heterocycles. The number of phosphoric acid groups is 2. The fraction of sp³-hybridized carbons (Fsp3) is 0.647. The fourth-order valence-corrected chi connectivity index (χ4v) is 7.15. The van der Waals surface area contributed by atoms with Gasteiger partial charge in [-0.15, -0.1) is 0 Å². The molecule has 0 aliphatic rings. The highest BCUT2D eigenvalue weighted by molar-refractivity contribution is 7.61. The zero-order valence-electron chi connectivity index (χ0n) is 27.3. The summed E-state index contributed by atoms with van der Waals surface area (Å²) in [5.41, 5.74) is 0. The summed E-state index contributed by atoms with van der Waals surface area (Å²) in [6, 6.07) is 18.4. The van der Waals surface area contributed by atoms with Gasteiger partial charge in [-0.1, -0.05) is 127 Å². The molecule has 0 aliphatic carbocycles. The Bertz CT molecular complexity index is 1010. The van der Waals surface area contributed by atoms with Gasteiger partial charge in [0.15, 0.2) is 0 Å². The summed E-state index contributed by atoms with van der Waals surface area (Å²) in [5.74, 6) is 1.23. The first kappa shape index (κ1) is 39.5. The fourth-order valence-electron chi connectivity index (χ4n) is 4.96. The van der Waals surface area contributed by atoms with Crippen molar-refractivity contribution in [1.82, 2.24) is 0 Å². The Morgan fingerprint density at radius 1 is 0.556 bits per heavy atom. The molecule has 2 aromatic carbocycles. The smallest absolute Gasteiger partial charge is 0.483 e. The number of ether oxygens (including phenoxy) is 2. The van der Waals surface area contributed by atoms with Crippen molar-refractivity contribution in [3.63, 3.8) is 0 Å². The molecule has 0 amide bonds. The van der Waals surface area contributed by atoms with E-state index in [1.165, 1.54) is 51.4 Å². The Morgan fingerprint density at radius 2 is 0.911 bits per heavy atom. The third-order valence-electron chi connectivity index (χ3n) is 7.39. The lowest BCUT2D eigenvalue weighted by Crippen LogP contribution is -2.25. The van der Waals surface area contributed by atoms with Crippen LogP contribution >= 0.6 is 15.6 Å². The first-order valence-electron chi connectivity index (χ1n) is 16.8. The third-order valence-corrected chi connectivity index (χ3v) is 9.98. The van der Waals surface area contributed by atoms with E-state index in [-0.39, 0.29) is 13.2 Å². The summed E-state index contributed by atoms with van der Waals surface area (Å²) in [7, 11) is -9.91. The quantitative estimate of drug-likeness (QED) is 0.0673. The highest BCUT2D eigenvalue weighted by atomic mass is 31.3. The normalized spacial score (nSPS) is 14.5. The predicted molar refractivity (Wildman–Crippen MR) is 180 cm³/mol. The number of unbranched alkanes of at least 4 members (excludes halogenated alkanes) is 12. The Hall–Kier alpha value is -1.70. The van der Waals surface area contributed by atoms with Crippen LogP contribution in [-0.4, -0.2) is 35.2 Å². The second-order valence-electron chi connectivity index (χ2n) is 11.5. The Kier molecular flexibility index (Phi) is 20.7. The van der Waals surface area contributed by atoms with Crippen LogP contribution in [0.5, 0.6) is 11.5 Å². The molecule has 0 heterocycles. The van der Waals surface area contributed by atoms with E-state index >= 15 is 0 Å². The van der Waals surface area contributed by atoms with Gasteiger partial charge >= 0.3 is 15.6 Å². The first-order chi connectivity index (χ1) is 21.7. The van der Waals surface area contributed by atoms with Crippen LogP contribution in [0.2, 0.25) is 0 Å². The number of phosphoric ester groups is 1. The van der Waals surface area contributed by atoms with Crippen molar-refractivity contribution in [2.24, 2.45) is 0 Å². The zero-order valence-corrected chi connectivity index (χ0v) is 29.1. The molecule has 256 valence electrons. The third kappa shape index (κ3) is 20.2. The number of hydrogen-bond donors (Lipinski definition) is 2. The molecule has 2 aromatic rings. The maximum atomic E-state index is 13.6. The van der Waals surface area contributed by atoms with Gasteiger partial charge in [0.25, 0.3) is 0 Å². The Morgan fingerprint density at radius 3 is 1.27 bits per heavy atom. The molecule has 0 radical (unpaired) electrons. The lowest BCUT2D eigenvalue weighted by molar-refractivity contribution is 0.0561. The molecule has 0 bridgehead atoms. The first-order valence-corrected chi connectivity index (χ1v) is 19.8. The van der Waals surface area contributed by atoms with Crippen LogP contribution in [0.15, 0.2) is 60.7 Å². The molecule has 2 N–H and O–H groups in total. The van der Waals surface area contributed by atoms with Crippen LogP contribution in [0.3, 0.4) is 0 Å². The summed E-state index contributed by atoms with van der Waals surface area (Å²) in [5, 5.41) is 0. The van der Waals surface area contributed by atoms with Crippen LogP contribution in [0, 0.1) is 0 Å². The molecule has 0 spiro atoms. The van der Waals surface area contributed by atoms with E-state index in [1.54, 1.807) is 0 Å². The van der Waals surface area contributed by atoms with Crippen LogP contribution in [-0.2, 0) is 22.5 Å².